The summed E-state index contributed by atoms with van der Waals surface area (Å²) in [5.41, 5.74) is 0. The van der Waals surface area contributed by atoms with Crippen molar-refractivity contribution in [2.75, 3.05) is 196 Å². The number of aliphatic hydroxyl groups is 2. The van der Waals surface area contributed by atoms with Crippen LogP contribution >= 0.6 is 11.8 Å². The first kappa shape index (κ1) is 89.7. The van der Waals surface area contributed by atoms with Gasteiger partial charge in [-0.05, 0) is 12.1 Å². The molecule has 1 aromatic rings. The molecule has 1 aromatic carbocycles. The largest absolute Gasteiger partial charge is 0.387 e. The molecule has 2 N–H and O–H groups in total. The Morgan fingerprint density at radius 3 is 0.745 bits per heavy atom. The molecule has 1 unspecified atom stereocenters. The molecule has 0 aliphatic carbocycles. The summed E-state index contributed by atoms with van der Waals surface area (Å²) in [5.74, 6) is 0. The van der Waals surface area contributed by atoms with Crippen molar-refractivity contribution in [2.45, 2.75) is 219 Å². The summed E-state index contributed by atoms with van der Waals surface area (Å²) in [6.45, 7) is -0.223. The number of hydrogen-bond acceptors (Lipinski definition) is 37. The van der Waals surface area contributed by atoms with Gasteiger partial charge in [0.25, 0.3) is 5.12 Å². The van der Waals surface area contributed by atoms with E-state index in [-0.39, 0.29) is 46.2 Å². The van der Waals surface area contributed by atoms with E-state index in [4.69, 9.17) is 161 Å². The van der Waals surface area contributed by atoms with Crippen LogP contribution in [0.1, 0.15) is 0 Å². The van der Waals surface area contributed by atoms with E-state index in [0.29, 0.717) is 4.90 Å². The topological polar surface area (TPSA) is 354 Å². The van der Waals surface area contributed by atoms with Gasteiger partial charge >= 0.3 is 0 Å². The maximum Gasteiger partial charge on any atom is 0.250 e. The fourth-order valence-electron chi connectivity index (χ4n) is 15.3. The monoisotopic (exact) mass is 1550 g/mol. The Morgan fingerprint density at radius 2 is 0.500 bits per heavy atom. The van der Waals surface area contributed by atoms with E-state index in [9.17, 15) is 10.2 Å². The van der Waals surface area contributed by atoms with Gasteiger partial charge in [-0.3, -0.25) is 0 Å². The summed E-state index contributed by atoms with van der Waals surface area (Å²) in [6, 6.07) is 9.26. The van der Waals surface area contributed by atoms with E-state index in [0.717, 1.165) is 11.8 Å². The van der Waals surface area contributed by atoms with Crippen LogP contribution in [0.25, 0.3) is 0 Å². The summed E-state index contributed by atoms with van der Waals surface area (Å²) < 4.78 is 215. The van der Waals surface area contributed by atoms with E-state index in [1.54, 1.807) is 0 Å². The molecule has 106 heavy (non-hydrogen) atoms. The minimum Gasteiger partial charge on any atom is -0.387 e. The minimum atomic E-state index is -1.95. The molecular formula is C69H118O36S. The fourth-order valence-corrected chi connectivity index (χ4v) is 16.4. The van der Waals surface area contributed by atoms with E-state index in [2.05, 4.69) is 0 Å². The van der Waals surface area contributed by atoms with Crippen molar-refractivity contribution in [3.63, 3.8) is 0 Å². The smallest absolute Gasteiger partial charge is 0.250 e. The zero-order chi connectivity index (χ0) is 76.9. The van der Waals surface area contributed by atoms with Gasteiger partial charge < -0.3 is 171 Å². The molecule has 0 spiro atoms. The molecule has 37 heteroatoms. The Kier molecular flexibility index (Phi) is 37.3. The predicted molar refractivity (Wildman–Crippen MR) is 364 cm³/mol. The Morgan fingerprint density at radius 1 is 0.274 bits per heavy atom. The summed E-state index contributed by atoms with van der Waals surface area (Å²) in [5, 5.41) is 21.5. The lowest BCUT2D eigenvalue weighted by molar-refractivity contribution is -0.404. The van der Waals surface area contributed by atoms with Crippen LogP contribution in [0.3, 0.4) is 0 Å². The first-order valence-electron chi connectivity index (χ1n) is 34.9. The van der Waals surface area contributed by atoms with Crippen molar-refractivity contribution < 1.29 is 171 Å². The summed E-state index contributed by atoms with van der Waals surface area (Å²) in [4.78, 5) is 0.717. The molecule has 0 aromatic heterocycles. The van der Waals surface area contributed by atoms with Gasteiger partial charge in [-0.2, -0.15) is 0 Å². The molecule has 7 fully saturated rings. The zero-order valence-corrected chi connectivity index (χ0v) is 65.5. The van der Waals surface area contributed by atoms with Crippen molar-refractivity contribution in [2.24, 2.45) is 0 Å². The zero-order valence-electron chi connectivity index (χ0n) is 64.6. The maximum atomic E-state index is 12.2. The number of aliphatic hydroxyl groups excluding tert-OH is 1. The first-order valence-corrected chi connectivity index (χ1v) is 35.8. The van der Waals surface area contributed by atoms with Gasteiger partial charge in [0.1, 0.15) is 165 Å². The quantitative estimate of drug-likeness (QED) is 0.0785. The molecule has 8 rings (SSSR count). The maximum absolute atomic E-state index is 12.2. The molecule has 0 saturated carbocycles. The third-order valence-corrected chi connectivity index (χ3v) is 21.2. The van der Waals surface area contributed by atoms with Crippen LogP contribution in [-0.2, 0) is 161 Å². The molecular weight excluding hydrogens is 1440 g/mol. The second kappa shape index (κ2) is 44.1. The average Bonchev–Trinajstić information content (AvgIpc) is 0.732. The van der Waals surface area contributed by atoms with Gasteiger partial charge in [0.2, 0.25) is 0 Å². The van der Waals surface area contributed by atoms with Crippen LogP contribution in [0, 0.1) is 0 Å². The second-order valence-electron chi connectivity index (χ2n) is 26.0. The fraction of sp³-hybridized carbons (Fsp3) is 0.913. The molecule has 0 radical (unpaired) electrons. The number of benzene rings is 1. The van der Waals surface area contributed by atoms with E-state index in [1.165, 1.54) is 149 Å². The molecule has 36 nitrogen and oxygen atoms in total. The van der Waals surface area contributed by atoms with Gasteiger partial charge in [-0.15, -0.1) is 0 Å². The lowest BCUT2D eigenvalue weighted by Gasteiger charge is -2.53. The lowest BCUT2D eigenvalue weighted by atomic mass is 9.94. The summed E-state index contributed by atoms with van der Waals surface area (Å²) in [6.07, 6.45) is -34.6. The molecule has 616 valence electrons. The number of rotatable bonds is 42. The highest BCUT2D eigenvalue weighted by atomic mass is 32.2. The van der Waals surface area contributed by atoms with Crippen LogP contribution in [0.15, 0.2) is 35.2 Å². The SMILES string of the molecule is COC[C@H]1O[C@H](O[C@H]2[C@H](OC)[C@@H](OC)[C@@H](O[C@H]3[C@H](OC)[C@@H](OC)[C@@H](O[C@H]4[C@H](OC)[C@@H](OC)[C@@H](O[C@H]5[C@H](OC)[C@@H](OC)[C@@H](O[C@H]6[C@H](OC)[C@@H](OC)[C@@H](O[C@H]7[C@H](OC)[C@@H](OC)C(O)(Sc8ccccc8)O[C@@H]7COC)O[C@@H]6COC)O[C@@H]5COC)O[C@@H]4COC)O[C@@H]3COC)O[C@@H]2COC)[C@H](OC)[C@@H](OC)[C@@H]1O. The third-order valence-electron chi connectivity index (χ3n) is 20.1. The van der Waals surface area contributed by atoms with Crippen molar-refractivity contribution >= 4 is 11.8 Å². The summed E-state index contributed by atoms with van der Waals surface area (Å²) >= 11 is 1.06. The third kappa shape index (κ3) is 20.2. The molecule has 7 aliphatic heterocycles. The molecule has 35 atom stereocenters. The van der Waals surface area contributed by atoms with Gasteiger partial charge in [0.05, 0.1) is 46.2 Å². The van der Waals surface area contributed by atoms with E-state index < -0.39 is 214 Å². The van der Waals surface area contributed by atoms with E-state index in [1.807, 2.05) is 30.3 Å². The standard InChI is InChI=1S/C69H118O36S/c1-72-27-35-42(70)49(79-8)56(86-15)63(93-35)99-43-36(28-73-2)94-64(57(87-16)50(43)80-9)100-44-37(29-74-3)95-65(58(88-17)51(44)81-10)101-45-38(30-75-4)96-66(59(89-18)52(45)82-11)102-46-39(31-76-5)97-67(60(90-19)53(46)83-12)103-47-40(32-77-6)98-68(61(91-20)54(47)84-13)104-48-41(33-78-7)105-69(71,62(92-21)55(48)85-14)106-34-25-23-22-24-26-34/h22-26,35-68,70-71H,27-33H2,1-21H3/t35-,36-,37-,38-,39-,40-,41-,42-,43-,44-,45-,46-,47-,48-,49+,50+,51+,52+,53+,54+,55+,56-,57-,58-,59-,60-,61-,62-,63-,64-,65-,66-,67-,68-,69?/m1/s1. The number of ether oxygens (including phenoxy) is 34. The Bertz CT molecular complexity index is 2570. The van der Waals surface area contributed by atoms with Gasteiger partial charge in [-0.1, -0.05) is 30.0 Å². The first-order chi connectivity index (χ1) is 51.4. The lowest BCUT2D eigenvalue weighted by Crippen LogP contribution is -2.70. The molecule has 7 heterocycles. The van der Waals surface area contributed by atoms with Crippen LogP contribution in [0.4, 0.5) is 0 Å². The Balaban J connectivity index is 0.999. The highest BCUT2D eigenvalue weighted by Gasteiger charge is 2.63. The van der Waals surface area contributed by atoms with E-state index >= 15 is 0 Å². The van der Waals surface area contributed by atoms with Gasteiger partial charge in [-0.25, -0.2) is 0 Å². The van der Waals surface area contributed by atoms with Crippen LogP contribution in [-0.4, -0.2) is 420 Å². The number of hydrogen-bond donors (Lipinski definition) is 2. The van der Waals surface area contributed by atoms with Crippen LogP contribution in [0.5, 0.6) is 0 Å². The highest BCUT2D eigenvalue weighted by molar-refractivity contribution is 8.00. The molecule has 0 bridgehead atoms. The van der Waals surface area contributed by atoms with Crippen LogP contribution < -0.4 is 0 Å². The normalized spacial score (nSPS) is 43.2. The number of thioether (sulfide) groups is 1. The van der Waals surface area contributed by atoms with Crippen molar-refractivity contribution in [3.8, 4) is 0 Å². The Labute approximate surface area is 625 Å². The highest BCUT2D eigenvalue weighted by Crippen LogP contribution is 2.46. The molecule has 0 amide bonds. The summed E-state index contributed by atoms with van der Waals surface area (Å²) in [7, 11) is 31.3. The Hall–Kier alpha value is -1.87. The van der Waals surface area contributed by atoms with Crippen molar-refractivity contribution in [3.05, 3.63) is 30.3 Å². The average molecular weight is 1560 g/mol. The van der Waals surface area contributed by atoms with Crippen molar-refractivity contribution in [1.82, 2.24) is 0 Å². The second-order valence-corrected chi connectivity index (χ2v) is 27.3. The number of methoxy groups -OCH3 is 21. The van der Waals surface area contributed by atoms with Gasteiger partial charge in [0, 0.05) is 154 Å². The minimum absolute atomic E-state index is 0.0135. The molecule has 7 saturated heterocycles. The molecule has 7 aliphatic rings. The predicted octanol–water partition coefficient (Wildman–Crippen LogP) is -0.420. The van der Waals surface area contributed by atoms with Gasteiger partial charge in [0.15, 0.2) is 43.8 Å². The van der Waals surface area contributed by atoms with Crippen LogP contribution in [0.2, 0.25) is 0 Å². The van der Waals surface area contributed by atoms with Crippen molar-refractivity contribution in [1.29, 1.82) is 0 Å².